The van der Waals surface area contributed by atoms with Gasteiger partial charge in [0, 0.05) is 42.8 Å². The quantitative estimate of drug-likeness (QED) is 0.831. The van der Waals surface area contributed by atoms with Gasteiger partial charge in [0.05, 0.1) is 7.11 Å². The summed E-state index contributed by atoms with van der Waals surface area (Å²) in [6.45, 7) is 2.52. The fourth-order valence-corrected chi connectivity index (χ4v) is 4.50. The minimum atomic E-state index is -0.408. The first-order chi connectivity index (χ1) is 14.5. The van der Waals surface area contributed by atoms with E-state index in [1.807, 2.05) is 21.9 Å². The maximum absolute atomic E-state index is 13.5. The Labute approximate surface area is 175 Å². The summed E-state index contributed by atoms with van der Waals surface area (Å²) in [4.78, 5) is 29.2. The molecule has 1 spiro atoms. The average Bonchev–Trinajstić information content (AvgIpc) is 3.17. The van der Waals surface area contributed by atoms with Crippen LogP contribution in [0.2, 0.25) is 0 Å². The van der Waals surface area contributed by atoms with Gasteiger partial charge in [0.1, 0.15) is 11.6 Å². The molecule has 30 heavy (non-hydrogen) atoms. The van der Waals surface area contributed by atoms with Gasteiger partial charge in [0.2, 0.25) is 0 Å². The molecule has 6 nitrogen and oxygen atoms in total. The molecular formula is C23H26FN3O3. The molecule has 7 heteroatoms. The van der Waals surface area contributed by atoms with Crippen molar-refractivity contribution in [3.8, 4) is 5.75 Å². The van der Waals surface area contributed by atoms with Gasteiger partial charge in [0.15, 0.2) is 0 Å². The molecule has 3 amide bonds. The standard InChI is InChI=1S/C23H26FN3O3/c1-30-20-8-6-19(7-9-20)25-22(29)27-13-11-23(16-27)10-3-12-26(15-23)21(28)17-4-2-5-18(24)14-17/h2,4-9,14H,3,10-13,15-16H2,1H3,(H,25,29)/t23-/m1/s1. The molecule has 2 heterocycles. The normalized spacial score (nSPS) is 21.0. The maximum Gasteiger partial charge on any atom is 0.321 e. The van der Waals surface area contributed by atoms with Gasteiger partial charge in [-0.25, -0.2) is 9.18 Å². The highest BCUT2D eigenvalue weighted by Crippen LogP contribution is 2.39. The molecule has 1 atom stereocenters. The Morgan fingerprint density at radius 3 is 2.53 bits per heavy atom. The van der Waals surface area contributed by atoms with Crippen molar-refractivity contribution in [1.82, 2.24) is 9.80 Å². The lowest BCUT2D eigenvalue weighted by Crippen LogP contribution is -2.48. The van der Waals surface area contributed by atoms with E-state index in [0.29, 0.717) is 37.4 Å². The minimum Gasteiger partial charge on any atom is -0.497 e. The van der Waals surface area contributed by atoms with Crippen LogP contribution in [0.3, 0.4) is 0 Å². The summed E-state index contributed by atoms with van der Waals surface area (Å²) in [7, 11) is 1.60. The Balaban J connectivity index is 1.39. The van der Waals surface area contributed by atoms with Crippen molar-refractivity contribution in [3.05, 3.63) is 59.9 Å². The molecule has 2 aromatic rings. The lowest BCUT2D eigenvalue weighted by atomic mass is 9.79. The van der Waals surface area contributed by atoms with E-state index in [9.17, 15) is 14.0 Å². The first-order valence-corrected chi connectivity index (χ1v) is 10.2. The molecule has 2 aliphatic rings. The van der Waals surface area contributed by atoms with E-state index in [1.54, 1.807) is 31.4 Å². The highest BCUT2D eigenvalue weighted by molar-refractivity contribution is 5.94. The molecule has 0 aliphatic carbocycles. The summed E-state index contributed by atoms with van der Waals surface area (Å²) < 4.78 is 18.7. The monoisotopic (exact) mass is 411 g/mol. The third-order valence-corrected chi connectivity index (χ3v) is 6.09. The lowest BCUT2D eigenvalue weighted by Gasteiger charge is -2.40. The molecule has 2 aliphatic heterocycles. The molecule has 2 aromatic carbocycles. The molecule has 0 unspecified atom stereocenters. The zero-order valence-corrected chi connectivity index (χ0v) is 17.1. The van der Waals surface area contributed by atoms with Gasteiger partial charge in [-0.2, -0.15) is 0 Å². The zero-order valence-electron chi connectivity index (χ0n) is 17.1. The Bertz CT molecular complexity index is 934. The molecular weight excluding hydrogens is 385 g/mol. The number of likely N-dealkylation sites (tertiary alicyclic amines) is 2. The third-order valence-electron chi connectivity index (χ3n) is 6.09. The summed E-state index contributed by atoms with van der Waals surface area (Å²) in [6.07, 6.45) is 2.72. The number of amides is 3. The van der Waals surface area contributed by atoms with E-state index < -0.39 is 5.82 Å². The number of benzene rings is 2. The second-order valence-electron chi connectivity index (χ2n) is 8.17. The average molecular weight is 411 g/mol. The van der Waals surface area contributed by atoms with E-state index in [0.717, 1.165) is 25.0 Å². The molecule has 158 valence electrons. The third kappa shape index (κ3) is 4.25. The topological polar surface area (TPSA) is 61.9 Å². The number of ether oxygens (including phenoxy) is 1. The zero-order chi connectivity index (χ0) is 21.1. The van der Waals surface area contributed by atoms with Crippen molar-refractivity contribution in [3.63, 3.8) is 0 Å². The largest absolute Gasteiger partial charge is 0.497 e. The lowest BCUT2D eigenvalue weighted by molar-refractivity contribution is 0.0537. The number of carbonyl (C=O) groups excluding carboxylic acids is 2. The van der Waals surface area contributed by atoms with Crippen LogP contribution in [0.15, 0.2) is 48.5 Å². The number of anilines is 1. The van der Waals surface area contributed by atoms with Crippen LogP contribution in [-0.2, 0) is 0 Å². The van der Waals surface area contributed by atoms with Crippen LogP contribution in [0, 0.1) is 11.2 Å². The number of piperidine rings is 1. The van der Waals surface area contributed by atoms with Gasteiger partial charge in [-0.3, -0.25) is 4.79 Å². The number of rotatable bonds is 3. The molecule has 0 aromatic heterocycles. The number of urea groups is 1. The number of hydrogen-bond acceptors (Lipinski definition) is 3. The second-order valence-corrected chi connectivity index (χ2v) is 8.17. The van der Waals surface area contributed by atoms with Crippen molar-refractivity contribution < 1.29 is 18.7 Å². The number of carbonyl (C=O) groups is 2. The molecule has 4 rings (SSSR count). The van der Waals surface area contributed by atoms with Gasteiger partial charge < -0.3 is 19.9 Å². The fourth-order valence-electron chi connectivity index (χ4n) is 4.50. The van der Waals surface area contributed by atoms with Crippen molar-refractivity contribution in [2.24, 2.45) is 5.41 Å². The molecule has 1 N–H and O–H groups in total. The Morgan fingerprint density at radius 2 is 1.80 bits per heavy atom. The highest BCUT2D eigenvalue weighted by Gasteiger charge is 2.44. The first-order valence-electron chi connectivity index (χ1n) is 10.2. The summed E-state index contributed by atoms with van der Waals surface area (Å²) in [5.74, 6) is 0.183. The second kappa shape index (κ2) is 8.34. The van der Waals surface area contributed by atoms with Crippen molar-refractivity contribution in [1.29, 1.82) is 0 Å². The van der Waals surface area contributed by atoms with E-state index in [1.165, 1.54) is 12.1 Å². The summed E-state index contributed by atoms with van der Waals surface area (Å²) in [6, 6.07) is 12.9. The van der Waals surface area contributed by atoms with Crippen LogP contribution in [0.5, 0.6) is 5.75 Å². The summed E-state index contributed by atoms with van der Waals surface area (Å²) in [5, 5.41) is 2.93. The summed E-state index contributed by atoms with van der Waals surface area (Å²) in [5.41, 5.74) is 0.992. The van der Waals surface area contributed by atoms with Crippen LogP contribution in [0.1, 0.15) is 29.6 Å². The van der Waals surface area contributed by atoms with Crippen molar-refractivity contribution in [2.75, 3.05) is 38.6 Å². The van der Waals surface area contributed by atoms with Gasteiger partial charge in [-0.05, 0) is 61.7 Å². The number of methoxy groups -OCH3 is 1. The summed E-state index contributed by atoms with van der Waals surface area (Å²) >= 11 is 0. The first kappa shape index (κ1) is 20.2. The fraction of sp³-hybridized carbons (Fsp3) is 0.391. The van der Waals surface area contributed by atoms with E-state index in [-0.39, 0.29) is 17.4 Å². The molecule has 0 radical (unpaired) electrons. The van der Waals surface area contributed by atoms with Crippen LogP contribution in [-0.4, -0.2) is 55.0 Å². The maximum atomic E-state index is 13.5. The molecule has 0 bridgehead atoms. The number of nitrogens with one attached hydrogen (secondary N) is 1. The Hall–Kier alpha value is -3.09. The van der Waals surface area contributed by atoms with Gasteiger partial charge in [0.25, 0.3) is 5.91 Å². The predicted molar refractivity (Wildman–Crippen MR) is 112 cm³/mol. The van der Waals surface area contributed by atoms with Gasteiger partial charge in [-0.1, -0.05) is 6.07 Å². The smallest absolute Gasteiger partial charge is 0.321 e. The van der Waals surface area contributed by atoms with Crippen LogP contribution in [0.25, 0.3) is 0 Å². The Morgan fingerprint density at radius 1 is 1.03 bits per heavy atom. The van der Waals surface area contributed by atoms with Crippen LogP contribution >= 0.6 is 0 Å². The van der Waals surface area contributed by atoms with Crippen molar-refractivity contribution in [2.45, 2.75) is 19.3 Å². The minimum absolute atomic E-state index is 0.0987. The number of nitrogens with zero attached hydrogens (tertiary/aromatic N) is 2. The number of hydrogen-bond donors (Lipinski definition) is 1. The highest BCUT2D eigenvalue weighted by atomic mass is 19.1. The van der Waals surface area contributed by atoms with Gasteiger partial charge in [-0.15, -0.1) is 0 Å². The predicted octanol–water partition coefficient (Wildman–Crippen LogP) is 3.99. The Kier molecular flexibility index (Phi) is 5.61. The number of halogens is 1. The van der Waals surface area contributed by atoms with E-state index in [4.69, 9.17) is 4.74 Å². The molecule has 2 saturated heterocycles. The van der Waals surface area contributed by atoms with Crippen LogP contribution in [0.4, 0.5) is 14.9 Å². The van der Waals surface area contributed by atoms with Crippen molar-refractivity contribution >= 4 is 17.6 Å². The molecule has 0 saturated carbocycles. The van der Waals surface area contributed by atoms with Crippen LogP contribution < -0.4 is 10.1 Å². The van der Waals surface area contributed by atoms with E-state index >= 15 is 0 Å². The SMILES string of the molecule is COc1ccc(NC(=O)N2CC[C@@]3(CCCN(C(=O)c4cccc(F)c4)C3)C2)cc1. The van der Waals surface area contributed by atoms with Gasteiger partial charge >= 0.3 is 6.03 Å². The van der Waals surface area contributed by atoms with E-state index in [2.05, 4.69) is 5.32 Å². The molecule has 2 fully saturated rings.